The Kier molecular flexibility index (Phi) is 5.08. The predicted molar refractivity (Wildman–Crippen MR) is 58.2 cm³/mol. The van der Waals surface area contributed by atoms with Crippen LogP contribution in [0, 0.1) is 23.0 Å². The molecule has 0 bridgehead atoms. The van der Waals surface area contributed by atoms with E-state index in [4.69, 9.17) is 5.26 Å². The van der Waals surface area contributed by atoms with Crippen LogP contribution in [0.2, 0.25) is 0 Å². The van der Waals surface area contributed by atoms with Crippen LogP contribution in [0.4, 0.5) is 8.78 Å². The Hall–Kier alpha value is -1.96. The second-order valence-electron chi connectivity index (χ2n) is 3.53. The number of nitriles is 1. The van der Waals surface area contributed by atoms with Crippen LogP contribution in [0.3, 0.4) is 0 Å². The summed E-state index contributed by atoms with van der Waals surface area (Å²) in [5.41, 5.74) is -0.0391. The van der Waals surface area contributed by atoms with Crippen molar-refractivity contribution in [2.45, 2.75) is 19.3 Å². The standard InChI is InChI=1S/C12H12F2N2O/c13-10-6-9(7-11(14)8-10)12(17)16-5-3-1-2-4-15/h6-8H,1-3,5H2,(H,16,17). The van der Waals surface area contributed by atoms with Gasteiger partial charge in [0.1, 0.15) is 11.6 Å². The van der Waals surface area contributed by atoms with Gasteiger partial charge < -0.3 is 5.32 Å². The fraction of sp³-hybridized carbons (Fsp3) is 0.333. The molecule has 0 spiro atoms. The van der Waals surface area contributed by atoms with Gasteiger partial charge in [0.2, 0.25) is 0 Å². The summed E-state index contributed by atoms with van der Waals surface area (Å²) in [4.78, 5) is 11.5. The van der Waals surface area contributed by atoms with Crippen LogP contribution in [0.1, 0.15) is 29.6 Å². The normalized spacial score (nSPS) is 9.71. The topological polar surface area (TPSA) is 52.9 Å². The van der Waals surface area contributed by atoms with Gasteiger partial charge in [-0.2, -0.15) is 5.26 Å². The second-order valence-corrected chi connectivity index (χ2v) is 3.53. The first-order valence-electron chi connectivity index (χ1n) is 5.24. The van der Waals surface area contributed by atoms with E-state index in [1.807, 2.05) is 6.07 Å². The maximum atomic E-state index is 12.8. The maximum absolute atomic E-state index is 12.8. The monoisotopic (exact) mass is 238 g/mol. The Balaban J connectivity index is 2.44. The lowest BCUT2D eigenvalue weighted by Gasteiger charge is -2.04. The Labute approximate surface area is 98.1 Å². The average molecular weight is 238 g/mol. The van der Waals surface area contributed by atoms with Gasteiger partial charge in [0, 0.05) is 24.6 Å². The lowest BCUT2D eigenvalue weighted by atomic mass is 10.2. The fourth-order valence-corrected chi connectivity index (χ4v) is 1.32. The Morgan fingerprint density at radius 1 is 1.24 bits per heavy atom. The molecule has 0 unspecified atom stereocenters. The summed E-state index contributed by atoms with van der Waals surface area (Å²) in [5, 5.41) is 10.8. The van der Waals surface area contributed by atoms with Crippen LogP contribution >= 0.6 is 0 Å². The molecule has 17 heavy (non-hydrogen) atoms. The number of hydrogen-bond acceptors (Lipinski definition) is 2. The van der Waals surface area contributed by atoms with Crippen molar-refractivity contribution < 1.29 is 13.6 Å². The van der Waals surface area contributed by atoms with Gasteiger partial charge in [0.05, 0.1) is 6.07 Å². The van der Waals surface area contributed by atoms with E-state index in [0.29, 0.717) is 31.9 Å². The molecule has 0 saturated carbocycles. The van der Waals surface area contributed by atoms with Crippen molar-refractivity contribution in [1.29, 1.82) is 5.26 Å². The first-order valence-corrected chi connectivity index (χ1v) is 5.24. The molecular weight excluding hydrogens is 226 g/mol. The zero-order valence-corrected chi connectivity index (χ0v) is 9.17. The minimum Gasteiger partial charge on any atom is -0.352 e. The highest BCUT2D eigenvalue weighted by Gasteiger charge is 2.08. The summed E-state index contributed by atoms with van der Waals surface area (Å²) < 4.78 is 25.6. The molecule has 1 aromatic rings. The smallest absolute Gasteiger partial charge is 0.251 e. The summed E-state index contributed by atoms with van der Waals surface area (Å²) in [6.45, 7) is 0.388. The lowest BCUT2D eigenvalue weighted by molar-refractivity contribution is 0.0952. The number of rotatable bonds is 5. The van der Waals surface area contributed by atoms with E-state index in [1.54, 1.807) is 0 Å². The molecule has 0 radical (unpaired) electrons. The molecule has 3 nitrogen and oxygen atoms in total. The van der Waals surface area contributed by atoms with E-state index in [1.165, 1.54) is 0 Å². The van der Waals surface area contributed by atoms with Crippen LogP contribution in [0.5, 0.6) is 0 Å². The number of carbonyl (C=O) groups is 1. The Morgan fingerprint density at radius 3 is 2.47 bits per heavy atom. The first kappa shape index (κ1) is 13.1. The van der Waals surface area contributed by atoms with Gasteiger partial charge in [-0.25, -0.2) is 8.78 Å². The molecule has 1 rings (SSSR count). The Bertz CT molecular complexity index is 420. The van der Waals surface area contributed by atoms with Crippen molar-refractivity contribution in [2.24, 2.45) is 0 Å². The number of halogens is 2. The van der Waals surface area contributed by atoms with E-state index < -0.39 is 17.5 Å². The third-order valence-corrected chi connectivity index (χ3v) is 2.13. The molecule has 0 aromatic heterocycles. The van der Waals surface area contributed by atoms with Gasteiger partial charge in [-0.3, -0.25) is 4.79 Å². The lowest BCUT2D eigenvalue weighted by Crippen LogP contribution is -2.24. The minimum absolute atomic E-state index is 0.0391. The van der Waals surface area contributed by atoms with E-state index in [-0.39, 0.29) is 5.56 Å². The largest absolute Gasteiger partial charge is 0.352 e. The quantitative estimate of drug-likeness (QED) is 0.801. The second kappa shape index (κ2) is 6.59. The minimum atomic E-state index is -0.778. The molecule has 0 saturated heterocycles. The molecule has 90 valence electrons. The summed E-state index contributed by atoms with van der Waals surface area (Å²) in [6, 6.07) is 4.66. The first-order chi connectivity index (χ1) is 8.13. The van der Waals surface area contributed by atoms with Gasteiger partial charge in [0.15, 0.2) is 0 Å². The van der Waals surface area contributed by atoms with Gasteiger partial charge in [-0.1, -0.05) is 0 Å². The zero-order valence-electron chi connectivity index (χ0n) is 9.17. The number of carbonyl (C=O) groups excluding carboxylic acids is 1. The van der Waals surface area contributed by atoms with Crippen molar-refractivity contribution in [3.05, 3.63) is 35.4 Å². The van der Waals surface area contributed by atoms with Gasteiger partial charge in [-0.05, 0) is 25.0 Å². The van der Waals surface area contributed by atoms with Gasteiger partial charge >= 0.3 is 0 Å². The van der Waals surface area contributed by atoms with Crippen LogP contribution in [-0.4, -0.2) is 12.5 Å². The summed E-state index contributed by atoms with van der Waals surface area (Å²) in [7, 11) is 0. The van der Waals surface area contributed by atoms with E-state index >= 15 is 0 Å². The number of unbranched alkanes of at least 4 members (excludes halogenated alkanes) is 2. The molecule has 1 amide bonds. The van der Waals surface area contributed by atoms with Crippen molar-refractivity contribution in [3.63, 3.8) is 0 Å². The summed E-state index contributed by atoms with van der Waals surface area (Å²) in [6.07, 6.45) is 1.79. The van der Waals surface area contributed by atoms with Crippen molar-refractivity contribution >= 4 is 5.91 Å². The van der Waals surface area contributed by atoms with E-state index in [0.717, 1.165) is 12.1 Å². The van der Waals surface area contributed by atoms with Crippen LogP contribution in [0.15, 0.2) is 18.2 Å². The van der Waals surface area contributed by atoms with Crippen LogP contribution in [0.25, 0.3) is 0 Å². The number of nitrogens with zero attached hydrogens (tertiary/aromatic N) is 1. The molecule has 0 aliphatic carbocycles. The molecule has 0 fully saturated rings. The maximum Gasteiger partial charge on any atom is 0.251 e. The van der Waals surface area contributed by atoms with Crippen molar-refractivity contribution in [1.82, 2.24) is 5.32 Å². The third-order valence-electron chi connectivity index (χ3n) is 2.13. The summed E-state index contributed by atoms with van der Waals surface area (Å²) in [5.74, 6) is -2.07. The number of amides is 1. The highest BCUT2D eigenvalue weighted by Crippen LogP contribution is 2.07. The van der Waals surface area contributed by atoms with Crippen molar-refractivity contribution in [2.75, 3.05) is 6.54 Å². The molecule has 0 atom stereocenters. The zero-order chi connectivity index (χ0) is 12.7. The molecule has 0 aliphatic rings. The molecule has 1 aromatic carbocycles. The fourth-order valence-electron chi connectivity index (χ4n) is 1.32. The predicted octanol–water partition coefficient (Wildman–Crippen LogP) is 2.39. The van der Waals surface area contributed by atoms with Crippen LogP contribution in [-0.2, 0) is 0 Å². The molecule has 0 heterocycles. The van der Waals surface area contributed by atoms with Gasteiger partial charge in [-0.15, -0.1) is 0 Å². The Morgan fingerprint density at radius 2 is 1.88 bits per heavy atom. The molecule has 0 aliphatic heterocycles. The molecule has 5 heteroatoms. The van der Waals surface area contributed by atoms with Crippen molar-refractivity contribution in [3.8, 4) is 6.07 Å². The van der Waals surface area contributed by atoms with Crippen LogP contribution < -0.4 is 5.32 Å². The average Bonchev–Trinajstić information content (AvgIpc) is 2.27. The van der Waals surface area contributed by atoms with E-state index in [2.05, 4.69) is 5.32 Å². The highest BCUT2D eigenvalue weighted by atomic mass is 19.1. The molecular formula is C12H12F2N2O. The highest BCUT2D eigenvalue weighted by molar-refractivity contribution is 5.94. The van der Waals surface area contributed by atoms with E-state index in [9.17, 15) is 13.6 Å². The van der Waals surface area contributed by atoms with Gasteiger partial charge in [0.25, 0.3) is 5.91 Å². The third kappa shape index (κ3) is 4.60. The number of benzene rings is 1. The number of hydrogen-bond donors (Lipinski definition) is 1. The summed E-state index contributed by atoms with van der Waals surface area (Å²) >= 11 is 0. The molecule has 1 N–H and O–H groups in total. The SMILES string of the molecule is N#CCCCCNC(=O)c1cc(F)cc(F)c1. The number of nitrogens with one attached hydrogen (secondary N) is 1.